The lowest BCUT2D eigenvalue weighted by Crippen LogP contribution is -2.54. The Kier molecular flexibility index (Phi) is 6.71. The molecule has 2 unspecified atom stereocenters. The number of rotatable bonds is 7. The highest BCUT2D eigenvalue weighted by atomic mass is 19.1. The molecule has 8 nitrogen and oxygen atoms in total. The molecule has 186 valence electrons. The van der Waals surface area contributed by atoms with E-state index in [0.717, 1.165) is 31.5 Å². The highest BCUT2D eigenvalue weighted by Gasteiger charge is 2.58. The van der Waals surface area contributed by atoms with Crippen LogP contribution in [0.1, 0.15) is 36.9 Å². The maximum absolute atomic E-state index is 13.9. The van der Waals surface area contributed by atoms with Crippen molar-refractivity contribution in [3.8, 4) is 5.75 Å². The van der Waals surface area contributed by atoms with Gasteiger partial charge in [-0.1, -0.05) is 12.1 Å². The lowest BCUT2D eigenvalue weighted by molar-refractivity contribution is -0.135. The maximum Gasteiger partial charge on any atom is 0.325 e. The van der Waals surface area contributed by atoms with Crippen LogP contribution in [0, 0.1) is 11.7 Å². The molecule has 0 saturated carbocycles. The van der Waals surface area contributed by atoms with Crippen molar-refractivity contribution in [3.05, 3.63) is 59.7 Å². The van der Waals surface area contributed by atoms with Crippen molar-refractivity contribution >= 4 is 11.9 Å². The second-order valence-electron chi connectivity index (χ2n) is 9.52. The lowest BCUT2D eigenvalue weighted by Gasteiger charge is -2.40. The van der Waals surface area contributed by atoms with Gasteiger partial charge in [0.25, 0.3) is 5.91 Å². The van der Waals surface area contributed by atoms with Gasteiger partial charge in [-0.15, -0.1) is 0 Å². The summed E-state index contributed by atoms with van der Waals surface area (Å²) in [7, 11) is 1.46. The third-order valence-electron chi connectivity index (χ3n) is 7.43. The molecule has 3 saturated heterocycles. The first-order valence-corrected chi connectivity index (χ1v) is 12.2. The zero-order valence-electron chi connectivity index (χ0n) is 19.9. The number of imide groups is 1. The van der Waals surface area contributed by atoms with Gasteiger partial charge in [0.2, 0.25) is 0 Å². The number of carbonyl (C=O) groups is 2. The quantitative estimate of drug-likeness (QED) is 0.611. The Hall–Kier alpha value is -3.04. The second-order valence-corrected chi connectivity index (χ2v) is 9.52. The summed E-state index contributed by atoms with van der Waals surface area (Å²) in [6, 6.07) is 10.0. The van der Waals surface area contributed by atoms with Gasteiger partial charge >= 0.3 is 6.03 Å². The van der Waals surface area contributed by atoms with E-state index in [1.165, 1.54) is 18.1 Å². The molecule has 1 aromatic carbocycles. The van der Waals surface area contributed by atoms with Crippen LogP contribution >= 0.6 is 0 Å². The van der Waals surface area contributed by atoms with E-state index in [1.54, 1.807) is 18.3 Å². The zero-order valence-corrected chi connectivity index (χ0v) is 19.9. The number of likely N-dealkylation sites (tertiary alicyclic amines) is 1. The molecule has 35 heavy (non-hydrogen) atoms. The van der Waals surface area contributed by atoms with Gasteiger partial charge in [0, 0.05) is 19.3 Å². The van der Waals surface area contributed by atoms with Crippen LogP contribution in [-0.2, 0) is 21.6 Å². The predicted octanol–water partition coefficient (Wildman–Crippen LogP) is 3.07. The molecule has 0 radical (unpaired) electrons. The number of methoxy groups -OCH3 is 1. The molecule has 5 rings (SSSR count). The van der Waals surface area contributed by atoms with Gasteiger partial charge in [0.1, 0.15) is 0 Å². The van der Waals surface area contributed by atoms with Gasteiger partial charge in [-0.25, -0.2) is 9.18 Å². The molecule has 9 heteroatoms. The maximum atomic E-state index is 13.9. The van der Waals surface area contributed by atoms with Crippen LogP contribution in [0.4, 0.5) is 9.18 Å². The fourth-order valence-corrected chi connectivity index (χ4v) is 5.59. The molecule has 2 aromatic rings. The Bertz CT molecular complexity index is 1070. The summed E-state index contributed by atoms with van der Waals surface area (Å²) in [6.45, 7) is 3.08. The SMILES string of the molecule is COc1cc(CN2CCC(C3(c4ccccn4)NC(=O)N(CC4CCCO4)C3=O)CC2)ccc1F. The number of pyridine rings is 1. The van der Waals surface area contributed by atoms with Crippen molar-refractivity contribution in [3.63, 3.8) is 0 Å². The minimum absolute atomic E-state index is 0.0950. The summed E-state index contributed by atoms with van der Waals surface area (Å²) in [5.41, 5.74) is 0.367. The molecule has 1 aromatic heterocycles. The van der Waals surface area contributed by atoms with E-state index in [1.807, 2.05) is 18.2 Å². The van der Waals surface area contributed by atoms with Crippen LogP contribution < -0.4 is 10.1 Å². The molecule has 0 bridgehead atoms. The first kappa shape index (κ1) is 23.7. The van der Waals surface area contributed by atoms with E-state index in [4.69, 9.17) is 9.47 Å². The highest BCUT2D eigenvalue weighted by Crippen LogP contribution is 2.41. The van der Waals surface area contributed by atoms with E-state index in [-0.39, 0.29) is 42.1 Å². The normalized spacial score (nSPS) is 25.8. The third kappa shape index (κ3) is 4.50. The minimum atomic E-state index is -1.18. The first-order chi connectivity index (χ1) is 17.0. The van der Waals surface area contributed by atoms with Crippen LogP contribution in [-0.4, -0.2) is 66.2 Å². The number of ether oxygens (including phenoxy) is 2. The summed E-state index contributed by atoms with van der Waals surface area (Å²) in [4.78, 5) is 35.1. The number of hydrogen-bond acceptors (Lipinski definition) is 6. The third-order valence-corrected chi connectivity index (χ3v) is 7.43. The fourth-order valence-electron chi connectivity index (χ4n) is 5.59. The molecule has 2 atom stereocenters. The Morgan fingerprint density at radius 2 is 2.03 bits per heavy atom. The number of benzene rings is 1. The lowest BCUT2D eigenvalue weighted by atomic mass is 9.75. The van der Waals surface area contributed by atoms with Gasteiger partial charge in [0.05, 0.1) is 25.5 Å². The van der Waals surface area contributed by atoms with Gasteiger partial charge in [0.15, 0.2) is 17.1 Å². The van der Waals surface area contributed by atoms with E-state index in [2.05, 4.69) is 15.2 Å². The fraction of sp³-hybridized carbons (Fsp3) is 0.500. The number of halogens is 1. The van der Waals surface area contributed by atoms with Crippen molar-refractivity contribution < 1.29 is 23.5 Å². The molecular weight excluding hydrogens is 451 g/mol. The Labute approximate surface area is 204 Å². The van der Waals surface area contributed by atoms with Crippen LogP contribution in [0.25, 0.3) is 0 Å². The van der Waals surface area contributed by atoms with Gasteiger partial charge < -0.3 is 14.8 Å². The topological polar surface area (TPSA) is 84.0 Å². The van der Waals surface area contributed by atoms with Gasteiger partial charge in [-0.3, -0.25) is 19.6 Å². The number of piperidine rings is 1. The monoisotopic (exact) mass is 482 g/mol. The van der Waals surface area contributed by atoms with Crippen LogP contribution in [0.5, 0.6) is 5.75 Å². The summed E-state index contributed by atoms with van der Waals surface area (Å²) in [5.74, 6) is -0.479. The highest BCUT2D eigenvalue weighted by molar-refractivity contribution is 6.07. The smallest absolute Gasteiger partial charge is 0.325 e. The van der Waals surface area contributed by atoms with Crippen LogP contribution in [0.3, 0.4) is 0 Å². The number of urea groups is 1. The largest absolute Gasteiger partial charge is 0.494 e. The number of hydrogen-bond donors (Lipinski definition) is 1. The molecule has 3 aliphatic rings. The predicted molar refractivity (Wildman–Crippen MR) is 126 cm³/mol. The van der Waals surface area contributed by atoms with Crippen molar-refractivity contribution in [2.24, 2.45) is 5.92 Å². The second kappa shape index (κ2) is 9.91. The Morgan fingerprint density at radius 1 is 1.20 bits per heavy atom. The van der Waals surface area contributed by atoms with E-state index in [9.17, 15) is 14.0 Å². The summed E-state index contributed by atoms with van der Waals surface area (Å²) >= 11 is 0. The van der Waals surface area contributed by atoms with Crippen molar-refractivity contribution in [2.45, 2.75) is 43.9 Å². The average molecular weight is 483 g/mol. The van der Waals surface area contributed by atoms with Crippen molar-refractivity contribution in [1.29, 1.82) is 0 Å². The molecule has 1 N–H and O–H groups in total. The van der Waals surface area contributed by atoms with Crippen LogP contribution in [0.15, 0.2) is 42.6 Å². The number of nitrogens with zero attached hydrogens (tertiary/aromatic N) is 3. The molecular formula is C26H31FN4O4. The van der Waals surface area contributed by atoms with E-state index >= 15 is 0 Å². The number of amides is 3. The average Bonchev–Trinajstić information content (AvgIpc) is 3.49. The molecule has 3 amide bonds. The number of aromatic nitrogens is 1. The Balaban J connectivity index is 1.34. The molecule has 0 spiro atoms. The molecule has 3 fully saturated rings. The van der Waals surface area contributed by atoms with Crippen molar-refractivity contribution in [2.75, 3.05) is 33.4 Å². The summed E-state index contributed by atoms with van der Waals surface area (Å²) in [6.07, 6.45) is 4.77. The van der Waals surface area contributed by atoms with Crippen LogP contribution in [0.2, 0.25) is 0 Å². The zero-order chi connectivity index (χ0) is 24.4. The first-order valence-electron chi connectivity index (χ1n) is 12.2. The number of nitrogens with one attached hydrogen (secondary N) is 1. The summed E-state index contributed by atoms with van der Waals surface area (Å²) < 4.78 is 24.6. The summed E-state index contributed by atoms with van der Waals surface area (Å²) in [5, 5.41) is 3.06. The standard InChI is InChI=1S/C26H31FN4O4/c1-34-22-15-18(7-8-21(22)27)16-30-12-9-19(10-13-30)26(23-6-2-3-11-28-23)24(32)31(25(33)29-26)17-20-5-4-14-35-20/h2-3,6-8,11,15,19-20H,4-5,9-10,12-14,16-17H2,1H3,(H,29,33). The van der Waals surface area contributed by atoms with E-state index in [0.29, 0.717) is 31.7 Å². The minimum Gasteiger partial charge on any atom is -0.494 e. The van der Waals surface area contributed by atoms with Crippen molar-refractivity contribution in [1.82, 2.24) is 20.1 Å². The van der Waals surface area contributed by atoms with Gasteiger partial charge in [-0.05, 0) is 74.5 Å². The molecule has 3 aliphatic heterocycles. The Morgan fingerprint density at radius 3 is 2.71 bits per heavy atom. The molecule has 4 heterocycles. The van der Waals surface area contributed by atoms with E-state index < -0.39 is 5.54 Å². The molecule has 0 aliphatic carbocycles. The van der Waals surface area contributed by atoms with Gasteiger partial charge in [-0.2, -0.15) is 0 Å². The number of carbonyl (C=O) groups excluding carboxylic acids is 2.